The summed E-state index contributed by atoms with van der Waals surface area (Å²) >= 11 is 19.1. The minimum Gasteiger partial charge on any atom is -0.123 e. The fourth-order valence-corrected chi connectivity index (χ4v) is 9.54. The molecule has 0 aromatic carbocycles. The van der Waals surface area contributed by atoms with Crippen LogP contribution in [0, 0.1) is 0 Å². The maximum Gasteiger partial charge on any atom is 0.118 e. The number of rotatable bonds is 3. The highest BCUT2D eigenvalue weighted by Crippen LogP contribution is 2.42. The molecular formula is C18H30Cl3S+. The molecule has 0 radical (unpaired) electrons. The van der Waals surface area contributed by atoms with Gasteiger partial charge < -0.3 is 0 Å². The lowest BCUT2D eigenvalue weighted by Gasteiger charge is -2.38. The summed E-state index contributed by atoms with van der Waals surface area (Å²) in [6.07, 6.45) is 15.7. The molecule has 128 valence electrons. The average Bonchev–Trinajstić information content (AvgIpc) is 2.53. The van der Waals surface area contributed by atoms with Gasteiger partial charge in [0.15, 0.2) is 0 Å². The summed E-state index contributed by atoms with van der Waals surface area (Å²) in [5.41, 5.74) is 0. The molecule has 0 bridgehead atoms. The van der Waals surface area contributed by atoms with Crippen LogP contribution in [0.4, 0.5) is 0 Å². The molecule has 3 fully saturated rings. The summed E-state index contributed by atoms with van der Waals surface area (Å²) in [7, 11) is 0.595. The highest BCUT2D eigenvalue weighted by atomic mass is 35.5. The number of hydrogen-bond donors (Lipinski definition) is 0. The second kappa shape index (κ2) is 8.54. The van der Waals surface area contributed by atoms with E-state index in [-0.39, 0.29) is 0 Å². The smallest absolute Gasteiger partial charge is 0.118 e. The van der Waals surface area contributed by atoms with Crippen LogP contribution in [0.3, 0.4) is 0 Å². The molecule has 0 unspecified atom stereocenters. The molecule has 3 rings (SSSR count). The van der Waals surface area contributed by atoms with Crippen molar-refractivity contribution in [3.63, 3.8) is 0 Å². The number of alkyl halides is 3. The van der Waals surface area contributed by atoms with Gasteiger partial charge in [0.25, 0.3) is 0 Å². The lowest BCUT2D eigenvalue weighted by Crippen LogP contribution is -2.45. The van der Waals surface area contributed by atoms with Crippen LogP contribution >= 0.6 is 34.8 Å². The predicted octanol–water partition coefficient (Wildman–Crippen LogP) is 6.25. The Kier molecular flexibility index (Phi) is 7.00. The monoisotopic (exact) mass is 383 g/mol. The molecule has 0 atom stereocenters. The zero-order chi connectivity index (χ0) is 15.5. The molecule has 3 aliphatic rings. The third-order valence-electron chi connectivity index (χ3n) is 5.97. The van der Waals surface area contributed by atoms with E-state index < -0.39 is 0 Å². The van der Waals surface area contributed by atoms with E-state index in [9.17, 15) is 0 Å². The number of hydrogen-bond acceptors (Lipinski definition) is 0. The van der Waals surface area contributed by atoms with Crippen LogP contribution in [-0.4, -0.2) is 31.9 Å². The van der Waals surface area contributed by atoms with Gasteiger partial charge in [-0.15, -0.1) is 34.8 Å². The molecule has 0 saturated heterocycles. The van der Waals surface area contributed by atoms with Gasteiger partial charge in [-0.1, -0.05) is 0 Å². The Hall–Kier alpha value is 1.22. The quantitative estimate of drug-likeness (QED) is 0.398. The van der Waals surface area contributed by atoms with Gasteiger partial charge in [-0.25, -0.2) is 0 Å². The van der Waals surface area contributed by atoms with Crippen LogP contribution < -0.4 is 0 Å². The molecule has 0 aliphatic heterocycles. The highest BCUT2D eigenvalue weighted by molar-refractivity contribution is 7.98. The van der Waals surface area contributed by atoms with Crippen LogP contribution in [0.5, 0.6) is 0 Å². The minimum atomic E-state index is 0.443. The molecule has 3 saturated carbocycles. The van der Waals surface area contributed by atoms with Crippen molar-refractivity contribution in [3.8, 4) is 0 Å². The van der Waals surface area contributed by atoms with E-state index in [0.29, 0.717) is 27.0 Å². The zero-order valence-electron chi connectivity index (χ0n) is 13.5. The molecule has 0 N–H and O–H groups in total. The summed E-state index contributed by atoms with van der Waals surface area (Å²) in [5, 5.41) is 4.17. The number of halogens is 3. The molecule has 0 heterocycles. The van der Waals surface area contributed by atoms with Crippen LogP contribution in [0.2, 0.25) is 0 Å². The van der Waals surface area contributed by atoms with E-state index in [2.05, 4.69) is 0 Å². The Morgan fingerprint density at radius 1 is 0.409 bits per heavy atom. The molecule has 0 aromatic heterocycles. The van der Waals surface area contributed by atoms with Gasteiger partial charge in [-0.05, 0) is 87.9 Å². The van der Waals surface area contributed by atoms with E-state index in [1.54, 1.807) is 0 Å². The van der Waals surface area contributed by atoms with Gasteiger partial charge in [0.05, 0.1) is 0 Å². The Morgan fingerprint density at radius 3 is 0.864 bits per heavy atom. The lowest BCUT2D eigenvalue weighted by molar-refractivity contribution is 0.472. The maximum atomic E-state index is 6.36. The third-order valence-corrected chi connectivity index (χ3v) is 11.0. The van der Waals surface area contributed by atoms with Gasteiger partial charge >= 0.3 is 0 Å². The third kappa shape index (κ3) is 4.64. The van der Waals surface area contributed by atoms with Gasteiger partial charge in [0, 0.05) is 16.1 Å². The Labute approximate surface area is 154 Å². The summed E-state index contributed by atoms with van der Waals surface area (Å²) in [6.45, 7) is 0. The first-order valence-corrected chi connectivity index (χ1v) is 12.0. The summed E-state index contributed by atoms with van der Waals surface area (Å²) in [4.78, 5) is 0. The van der Waals surface area contributed by atoms with E-state index in [1.807, 2.05) is 0 Å². The van der Waals surface area contributed by atoms with Crippen molar-refractivity contribution < 1.29 is 0 Å². The normalized spacial score (nSPS) is 45.4. The summed E-state index contributed by atoms with van der Waals surface area (Å²) < 4.78 is 0. The van der Waals surface area contributed by atoms with E-state index >= 15 is 0 Å². The van der Waals surface area contributed by atoms with E-state index in [0.717, 1.165) is 15.7 Å². The molecule has 4 heteroatoms. The van der Waals surface area contributed by atoms with Crippen molar-refractivity contribution in [2.45, 2.75) is 109 Å². The van der Waals surface area contributed by atoms with Gasteiger partial charge in [0.2, 0.25) is 0 Å². The van der Waals surface area contributed by atoms with Crippen molar-refractivity contribution in [2.75, 3.05) is 0 Å². The molecule has 22 heavy (non-hydrogen) atoms. The second-order valence-electron chi connectivity index (χ2n) is 7.53. The summed E-state index contributed by atoms with van der Waals surface area (Å²) in [6, 6.07) is 0. The van der Waals surface area contributed by atoms with Crippen LogP contribution in [0.15, 0.2) is 0 Å². The largest absolute Gasteiger partial charge is 0.123 e. The molecule has 0 amide bonds. The predicted molar refractivity (Wildman–Crippen MR) is 103 cm³/mol. The van der Waals surface area contributed by atoms with Crippen LogP contribution in [0.1, 0.15) is 77.0 Å². The van der Waals surface area contributed by atoms with Gasteiger partial charge in [-0.2, -0.15) is 0 Å². The molecule has 3 aliphatic carbocycles. The van der Waals surface area contributed by atoms with Gasteiger partial charge in [0.1, 0.15) is 15.7 Å². The SMILES string of the molecule is ClC1CCC([S+](C2CCC(Cl)CC2)C2CCC(Cl)CC2)CC1. The molecule has 0 aromatic rings. The first-order valence-electron chi connectivity index (χ1n) is 9.26. The average molecular weight is 385 g/mol. The molecule has 0 nitrogen and oxygen atoms in total. The van der Waals surface area contributed by atoms with Crippen molar-refractivity contribution >= 4 is 45.7 Å². The van der Waals surface area contributed by atoms with Crippen LogP contribution in [-0.2, 0) is 10.9 Å². The minimum absolute atomic E-state index is 0.443. The standard InChI is InChI=1S/C18H30Cl3S/c19-13-1-7-16(8-2-13)22(17-9-3-14(20)4-10-17)18-11-5-15(21)6-12-18/h13-18H,1-12H2/q+1. The fourth-order valence-electron chi connectivity index (χ4n) is 4.70. The van der Waals surface area contributed by atoms with Crippen LogP contribution in [0.25, 0.3) is 0 Å². The topological polar surface area (TPSA) is 0 Å². The Morgan fingerprint density at radius 2 is 0.636 bits per heavy atom. The molecule has 0 spiro atoms. The molecular weight excluding hydrogens is 355 g/mol. The zero-order valence-corrected chi connectivity index (χ0v) is 16.6. The van der Waals surface area contributed by atoms with E-state index in [1.165, 1.54) is 77.0 Å². The second-order valence-corrected chi connectivity index (χ2v) is 12.2. The van der Waals surface area contributed by atoms with E-state index in [4.69, 9.17) is 34.8 Å². The van der Waals surface area contributed by atoms with Gasteiger partial charge in [-0.3, -0.25) is 0 Å². The summed E-state index contributed by atoms with van der Waals surface area (Å²) in [5.74, 6) is 0. The van der Waals surface area contributed by atoms with Crippen molar-refractivity contribution in [1.29, 1.82) is 0 Å². The first-order chi connectivity index (χ1) is 10.6. The highest BCUT2D eigenvalue weighted by Gasteiger charge is 2.47. The fraction of sp³-hybridized carbons (Fsp3) is 1.00. The Balaban J connectivity index is 1.67. The maximum absolute atomic E-state index is 6.36. The van der Waals surface area contributed by atoms with Crippen molar-refractivity contribution in [2.24, 2.45) is 0 Å². The first kappa shape index (κ1) is 18.0. The lowest BCUT2D eigenvalue weighted by atomic mass is 9.98. The van der Waals surface area contributed by atoms with Crippen molar-refractivity contribution in [3.05, 3.63) is 0 Å². The van der Waals surface area contributed by atoms with Crippen molar-refractivity contribution in [1.82, 2.24) is 0 Å². The Bertz CT molecular complexity index is 275.